The zero-order valence-electron chi connectivity index (χ0n) is 28.6. The zero-order chi connectivity index (χ0) is 34.6. The van der Waals surface area contributed by atoms with Crippen LogP contribution in [-0.4, -0.2) is 82.8 Å². The Morgan fingerprint density at radius 1 is 0.920 bits per heavy atom. The standard InChI is InChI=1S/C38H42N8O4/c1-24(2)34(44-38(48)49-3)37(47)46-16-4-5-33(46)36-39-22-32(43-36)26-8-6-25(7-9-26)27-10-15-31-30(21-27)35(41-23-40-31)42-28-11-13-29(14-12-28)45-17-19-50-20-18-45/h6-15,21-24,33-34H,4-5,16-20H2,1-3H3,(H,39,43)(H,44,48)(H,40,41,42)/t33-,34?/m0/s1. The molecule has 0 aliphatic carbocycles. The largest absolute Gasteiger partial charge is 0.453 e. The molecular weight excluding hydrogens is 632 g/mol. The highest BCUT2D eigenvalue weighted by molar-refractivity contribution is 5.94. The third-order valence-corrected chi connectivity index (χ3v) is 9.51. The van der Waals surface area contributed by atoms with Crippen molar-refractivity contribution in [2.24, 2.45) is 5.92 Å². The van der Waals surface area contributed by atoms with Gasteiger partial charge in [0.1, 0.15) is 24.0 Å². The van der Waals surface area contributed by atoms with Gasteiger partial charge in [0.05, 0.1) is 43.8 Å². The second-order valence-corrected chi connectivity index (χ2v) is 13.0. The lowest BCUT2D eigenvalue weighted by Gasteiger charge is -2.30. The van der Waals surface area contributed by atoms with Crippen molar-refractivity contribution in [2.45, 2.75) is 38.8 Å². The van der Waals surface area contributed by atoms with Crippen LogP contribution in [-0.2, 0) is 14.3 Å². The van der Waals surface area contributed by atoms with Crippen LogP contribution < -0.4 is 15.5 Å². The number of fused-ring (bicyclic) bond motifs is 1. The van der Waals surface area contributed by atoms with Gasteiger partial charge in [-0.05, 0) is 71.8 Å². The number of carbonyl (C=O) groups excluding carboxylic acids is 2. The first-order chi connectivity index (χ1) is 24.4. The van der Waals surface area contributed by atoms with Gasteiger partial charge < -0.3 is 34.9 Å². The predicted molar refractivity (Wildman–Crippen MR) is 193 cm³/mol. The second kappa shape index (κ2) is 14.6. The van der Waals surface area contributed by atoms with Gasteiger partial charge in [0, 0.05) is 36.4 Å². The number of H-pyrrole nitrogens is 1. The van der Waals surface area contributed by atoms with E-state index in [9.17, 15) is 9.59 Å². The molecule has 50 heavy (non-hydrogen) atoms. The number of amides is 2. The van der Waals surface area contributed by atoms with Crippen LogP contribution in [0.2, 0.25) is 0 Å². The molecule has 5 aromatic rings. The van der Waals surface area contributed by atoms with Crippen LogP contribution in [0, 0.1) is 5.92 Å². The van der Waals surface area contributed by atoms with E-state index < -0.39 is 12.1 Å². The third kappa shape index (κ3) is 6.97. The number of methoxy groups -OCH3 is 1. The number of morpholine rings is 1. The molecule has 0 spiro atoms. The van der Waals surface area contributed by atoms with Crippen LogP contribution in [0.15, 0.2) is 79.3 Å². The number of anilines is 3. The van der Waals surface area contributed by atoms with Crippen molar-refractivity contribution >= 4 is 40.1 Å². The maximum atomic E-state index is 13.5. The molecule has 7 rings (SSSR count). The molecule has 258 valence electrons. The Labute approximate surface area is 291 Å². The van der Waals surface area contributed by atoms with Crippen molar-refractivity contribution < 1.29 is 19.1 Å². The Kier molecular flexibility index (Phi) is 9.61. The topological polar surface area (TPSA) is 138 Å². The number of benzene rings is 3. The third-order valence-electron chi connectivity index (χ3n) is 9.51. The summed E-state index contributed by atoms with van der Waals surface area (Å²) in [5.41, 5.74) is 6.97. The summed E-state index contributed by atoms with van der Waals surface area (Å²) in [6, 6.07) is 22.1. The van der Waals surface area contributed by atoms with Crippen molar-refractivity contribution in [1.82, 2.24) is 30.2 Å². The van der Waals surface area contributed by atoms with Gasteiger partial charge in [0.15, 0.2) is 0 Å². The first-order valence-electron chi connectivity index (χ1n) is 17.1. The fourth-order valence-corrected chi connectivity index (χ4v) is 6.74. The Balaban J connectivity index is 1.06. The van der Waals surface area contributed by atoms with Gasteiger partial charge in [0.25, 0.3) is 0 Å². The summed E-state index contributed by atoms with van der Waals surface area (Å²) in [6.45, 7) is 7.73. The number of aromatic nitrogens is 4. The molecule has 2 saturated heterocycles. The van der Waals surface area contributed by atoms with E-state index in [1.54, 1.807) is 6.33 Å². The number of rotatable bonds is 9. The summed E-state index contributed by atoms with van der Waals surface area (Å²) in [5.74, 6) is 1.26. The summed E-state index contributed by atoms with van der Waals surface area (Å²) in [6.07, 6.45) is 4.44. The summed E-state index contributed by atoms with van der Waals surface area (Å²) < 4.78 is 10.2. The highest BCUT2D eigenvalue weighted by Gasteiger charge is 2.37. The number of carbonyl (C=O) groups is 2. The van der Waals surface area contributed by atoms with Gasteiger partial charge >= 0.3 is 6.09 Å². The lowest BCUT2D eigenvalue weighted by molar-refractivity contribution is -0.135. The van der Waals surface area contributed by atoms with E-state index in [0.29, 0.717) is 6.54 Å². The molecule has 2 fully saturated rings. The number of nitrogens with one attached hydrogen (secondary N) is 3. The number of imidazole rings is 1. The highest BCUT2D eigenvalue weighted by atomic mass is 16.5. The summed E-state index contributed by atoms with van der Waals surface area (Å²) in [4.78, 5) is 46.8. The van der Waals surface area contributed by atoms with E-state index in [4.69, 9.17) is 9.47 Å². The SMILES string of the molecule is COC(=O)NC(C(=O)N1CCC[C@H]1c1ncc(-c2ccc(-c3ccc4ncnc(Nc5ccc(N6CCOCC6)cc5)c4c3)cc2)[nH]1)C(C)C. The summed E-state index contributed by atoms with van der Waals surface area (Å²) >= 11 is 0. The molecule has 2 aliphatic heterocycles. The van der Waals surface area contributed by atoms with Crippen LogP contribution in [0.5, 0.6) is 0 Å². The number of nitrogens with zero attached hydrogens (tertiary/aromatic N) is 5. The lowest BCUT2D eigenvalue weighted by Crippen LogP contribution is -2.51. The van der Waals surface area contributed by atoms with Crippen LogP contribution in [0.1, 0.15) is 38.6 Å². The Hall–Kier alpha value is -5.49. The van der Waals surface area contributed by atoms with Crippen LogP contribution >= 0.6 is 0 Å². The number of ether oxygens (including phenoxy) is 2. The monoisotopic (exact) mass is 674 g/mol. The van der Waals surface area contributed by atoms with Crippen LogP contribution in [0.3, 0.4) is 0 Å². The van der Waals surface area contributed by atoms with Gasteiger partial charge in [-0.25, -0.2) is 19.7 Å². The number of aromatic amines is 1. The number of alkyl carbamates (subject to hydrolysis) is 1. The number of likely N-dealkylation sites (tertiary alicyclic amines) is 1. The molecule has 1 unspecified atom stereocenters. The van der Waals surface area contributed by atoms with E-state index in [-0.39, 0.29) is 17.9 Å². The van der Waals surface area contributed by atoms with E-state index >= 15 is 0 Å². The molecule has 4 heterocycles. The second-order valence-electron chi connectivity index (χ2n) is 13.0. The summed E-state index contributed by atoms with van der Waals surface area (Å²) in [7, 11) is 1.30. The molecule has 2 aromatic heterocycles. The Bertz CT molecular complexity index is 1950. The minimum Gasteiger partial charge on any atom is -0.453 e. The molecule has 2 aliphatic rings. The van der Waals surface area contributed by atoms with Crippen molar-refractivity contribution in [1.29, 1.82) is 0 Å². The van der Waals surface area contributed by atoms with Crippen LogP contribution in [0.25, 0.3) is 33.3 Å². The van der Waals surface area contributed by atoms with Crippen molar-refractivity contribution in [3.63, 3.8) is 0 Å². The fraction of sp³-hybridized carbons (Fsp3) is 0.342. The molecule has 12 nitrogen and oxygen atoms in total. The fourth-order valence-electron chi connectivity index (χ4n) is 6.74. The maximum absolute atomic E-state index is 13.5. The molecule has 2 amide bonds. The quantitative estimate of drug-likeness (QED) is 0.164. The molecular formula is C38H42N8O4. The van der Waals surface area contributed by atoms with Crippen molar-refractivity contribution in [2.75, 3.05) is 50.2 Å². The molecule has 3 aromatic carbocycles. The van der Waals surface area contributed by atoms with Crippen molar-refractivity contribution in [3.05, 3.63) is 85.1 Å². The average molecular weight is 675 g/mol. The predicted octanol–water partition coefficient (Wildman–Crippen LogP) is 6.31. The Morgan fingerprint density at radius 2 is 1.66 bits per heavy atom. The normalized spacial score (nSPS) is 16.8. The van der Waals surface area contributed by atoms with Crippen LogP contribution in [0.4, 0.5) is 22.0 Å². The minimum absolute atomic E-state index is 0.0929. The van der Waals surface area contributed by atoms with Crippen molar-refractivity contribution in [3.8, 4) is 22.4 Å². The van der Waals surface area contributed by atoms with E-state index in [1.165, 1.54) is 12.8 Å². The van der Waals surface area contributed by atoms with Gasteiger partial charge in [-0.3, -0.25) is 4.79 Å². The Morgan fingerprint density at radius 3 is 2.40 bits per heavy atom. The molecule has 2 atom stereocenters. The first kappa shape index (κ1) is 33.0. The number of hydrogen-bond acceptors (Lipinski definition) is 9. The van der Waals surface area contributed by atoms with Gasteiger partial charge in [0.2, 0.25) is 5.91 Å². The first-order valence-corrected chi connectivity index (χ1v) is 17.1. The highest BCUT2D eigenvalue weighted by Crippen LogP contribution is 2.34. The molecule has 0 bridgehead atoms. The maximum Gasteiger partial charge on any atom is 0.407 e. The average Bonchev–Trinajstić information content (AvgIpc) is 3.85. The molecule has 3 N–H and O–H groups in total. The lowest BCUT2D eigenvalue weighted by atomic mass is 10.0. The van der Waals surface area contributed by atoms with E-state index in [1.807, 2.05) is 31.0 Å². The number of hydrogen-bond donors (Lipinski definition) is 3. The molecule has 12 heteroatoms. The van der Waals surface area contributed by atoms with E-state index in [0.717, 1.165) is 89.8 Å². The van der Waals surface area contributed by atoms with E-state index in [2.05, 4.69) is 96.1 Å². The smallest absolute Gasteiger partial charge is 0.407 e. The summed E-state index contributed by atoms with van der Waals surface area (Å²) in [5, 5.41) is 7.12. The molecule has 0 saturated carbocycles. The van der Waals surface area contributed by atoms with Gasteiger partial charge in [-0.2, -0.15) is 0 Å². The minimum atomic E-state index is -0.675. The van der Waals surface area contributed by atoms with Gasteiger partial charge in [-0.1, -0.05) is 44.2 Å². The molecule has 0 radical (unpaired) electrons. The zero-order valence-corrected chi connectivity index (χ0v) is 28.6. The van der Waals surface area contributed by atoms with Gasteiger partial charge in [-0.15, -0.1) is 0 Å².